The average Bonchev–Trinajstić information content (AvgIpc) is 2.83. The number of nitrogens with zero attached hydrogens (tertiary/aromatic N) is 2. The molecular weight excluding hydrogens is 500 g/mol. The highest BCUT2D eigenvalue weighted by atomic mass is 35.5. The summed E-state index contributed by atoms with van der Waals surface area (Å²) in [6.07, 6.45) is 1.95. The van der Waals surface area contributed by atoms with Crippen LogP contribution in [0.1, 0.15) is 37.8 Å². The Kier molecular flexibility index (Phi) is 7.87. The van der Waals surface area contributed by atoms with Crippen molar-refractivity contribution in [3.63, 3.8) is 0 Å². The van der Waals surface area contributed by atoms with Crippen molar-refractivity contribution in [3.8, 4) is 16.9 Å². The molecule has 2 aromatic carbocycles. The Labute approximate surface area is 220 Å². The van der Waals surface area contributed by atoms with Crippen LogP contribution in [0.5, 0.6) is 5.75 Å². The van der Waals surface area contributed by atoms with E-state index in [1.165, 1.54) is 24.3 Å². The van der Waals surface area contributed by atoms with E-state index < -0.39 is 11.8 Å². The molecule has 1 aliphatic rings. The number of rotatable bonds is 8. The van der Waals surface area contributed by atoms with Gasteiger partial charge in [-0.3, -0.25) is 4.79 Å². The van der Waals surface area contributed by atoms with Crippen LogP contribution in [0.25, 0.3) is 11.1 Å². The van der Waals surface area contributed by atoms with Crippen LogP contribution < -0.4 is 15.4 Å². The monoisotopic (exact) mass is 529 g/mol. The summed E-state index contributed by atoms with van der Waals surface area (Å²) in [6, 6.07) is 10.6. The van der Waals surface area contributed by atoms with Crippen LogP contribution in [0.2, 0.25) is 5.15 Å². The number of nitrogens with two attached hydrogens (primary N) is 1. The molecule has 1 fully saturated rings. The summed E-state index contributed by atoms with van der Waals surface area (Å²) in [5.41, 5.74) is 9.19. The topological polar surface area (TPSA) is 88.7 Å². The molecule has 1 aromatic heterocycles. The largest absolute Gasteiger partial charge is 0.490 e. The molecule has 0 atom stereocenters. The van der Waals surface area contributed by atoms with Crippen LogP contribution in [0.4, 0.5) is 20.3 Å². The normalized spacial score (nSPS) is 15.0. The van der Waals surface area contributed by atoms with Gasteiger partial charge in [0.2, 0.25) is 0 Å². The van der Waals surface area contributed by atoms with E-state index in [4.69, 9.17) is 22.1 Å². The molecule has 3 N–H and O–H groups in total. The van der Waals surface area contributed by atoms with Gasteiger partial charge in [0.15, 0.2) is 11.6 Å². The maximum Gasteiger partial charge on any atom is 0.308 e. The molecule has 9 heteroatoms. The van der Waals surface area contributed by atoms with Crippen molar-refractivity contribution in [2.75, 3.05) is 30.3 Å². The van der Waals surface area contributed by atoms with E-state index >= 15 is 4.39 Å². The Morgan fingerprint density at radius 1 is 1.16 bits per heavy atom. The highest BCUT2D eigenvalue weighted by Gasteiger charge is 2.31. The number of carbonyl (C=O) groups is 1. The number of carboxylic acids is 1. The quantitative estimate of drug-likeness (QED) is 0.341. The molecule has 0 radical (unpaired) electrons. The maximum atomic E-state index is 15.1. The molecule has 0 amide bonds. The molecule has 2 heterocycles. The van der Waals surface area contributed by atoms with Gasteiger partial charge in [0, 0.05) is 30.6 Å². The molecule has 6 nitrogen and oxygen atoms in total. The standard InChI is InChI=1S/C28H30ClF2N3O3/c1-28(2)10-12-34(13-11-28)25-20(16-23(35)36)26(29)33-27(32)24(25)18-5-8-22(21(31)15-18)37-14-9-17-3-6-19(30)7-4-17/h3-8,15H,9-14,16H2,1-2H3,(H2,32,33)(H,35,36). The zero-order chi connectivity index (χ0) is 26.7. The number of nitrogen functional groups attached to an aromatic ring is 1. The number of hydrogen-bond acceptors (Lipinski definition) is 5. The van der Waals surface area contributed by atoms with Crippen molar-refractivity contribution in [2.24, 2.45) is 5.41 Å². The third kappa shape index (κ3) is 6.31. The van der Waals surface area contributed by atoms with E-state index in [0.29, 0.717) is 41.9 Å². The maximum absolute atomic E-state index is 15.1. The van der Waals surface area contributed by atoms with Crippen molar-refractivity contribution in [2.45, 2.75) is 39.5 Å². The summed E-state index contributed by atoms with van der Waals surface area (Å²) in [4.78, 5) is 18.0. The summed E-state index contributed by atoms with van der Waals surface area (Å²) >= 11 is 6.39. The fraction of sp³-hybridized carbons (Fsp3) is 0.357. The molecule has 0 spiro atoms. The average molecular weight is 530 g/mol. The number of benzene rings is 2. The first-order valence-corrected chi connectivity index (χ1v) is 12.5. The predicted octanol–water partition coefficient (Wildman–Crippen LogP) is 6.14. The number of aromatic nitrogens is 1. The lowest BCUT2D eigenvalue weighted by atomic mass is 9.82. The third-order valence-electron chi connectivity index (χ3n) is 6.79. The van der Waals surface area contributed by atoms with Crippen molar-refractivity contribution >= 4 is 29.1 Å². The van der Waals surface area contributed by atoms with Gasteiger partial charge in [0.25, 0.3) is 0 Å². The van der Waals surface area contributed by atoms with Crippen molar-refractivity contribution in [3.05, 3.63) is 70.4 Å². The van der Waals surface area contributed by atoms with Gasteiger partial charge in [-0.1, -0.05) is 43.6 Å². The lowest BCUT2D eigenvalue weighted by Gasteiger charge is -2.40. The summed E-state index contributed by atoms with van der Waals surface area (Å²) in [7, 11) is 0. The van der Waals surface area contributed by atoms with E-state index in [2.05, 4.69) is 23.7 Å². The van der Waals surface area contributed by atoms with Crippen LogP contribution in [-0.4, -0.2) is 35.8 Å². The molecule has 3 aromatic rings. The first-order valence-electron chi connectivity index (χ1n) is 12.2. The Morgan fingerprint density at radius 2 is 1.84 bits per heavy atom. The van der Waals surface area contributed by atoms with Gasteiger partial charge in [0.1, 0.15) is 16.8 Å². The van der Waals surface area contributed by atoms with Crippen LogP contribution in [0.15, 0.2) is 42.5 Å². The first kappa shape index (κ1) is 26.7. The Morgan fingerprint density at radius 3 is 2.46 bits per heavy atom. The van der Waals surface area contributed by atoms with Gasteiger partial charge >= 0.3 is 5.97 Å². The van der Waals surface area contributed by atoms with Crippen LogP contribution in [0, 0.1) is 17.0 Å². The molecule has 1 saturated heterocycles. The molecular formula is C28H30ClF2N3O3. The van der Waals surface area contributed by atoms with Gasteiger partial charge in [-0.15, -0.1) is 0 Å². The highest BCUT2D eigenvalue weighted by Crippen LogP contribution is 2.44. The smallest absolute Gasteiger partial charge is 0.308 e. The second kappa shape index (κ2) is 10.9. The van der Waals surface area contributed by atoms with E-state index in [1.54, 1.807) is 18.2 Å². The Bertz CT molecular complexity index is 1290. The minimum atomic E-state index is -1.05. The van der Waals surface area contributed by atoms with E-state index in [-0.39, 0.29) is 41.0 Å². The van der Waals surface area contributed by atoms with Crippen molar-refractivity contribution in [1.82, 2.24) is 4.98 Å². The van der Waals surface area contributed by atoms with Crippen molar-refractivity contribution in [1.29, 1.82) is 0 Å². The van der Waals surface area contributed by atoms with E-state index in [1.807, 2.05) is 0 Å². The summed E-state index contributed by atoms with van der Waals surface area (Å²) in [5, 5.41) is 9.59. The minimum absolute atomic E-state index is 0.0321. The van der Waals surface area contributed by atoms with E-state index in [0.717, 1.165) is 18.4 Å². The SMILES string of the molecule is CC1(C)CCN(c2c(CC(=O)O)c(Cl)nc(N)c2-c2ccc(OCCc3ccc(F)cc3)c(F)c2)CC1. The summed E-state index contributed by atoms with van der Waals surface area (Å²) in [5.74, 6) is -1.78. The molecule has 37 heavy (non-hydrogen) atoms. The molecule has 0 bridgehead atoms. The predicted molar refractivity (Wildman–Crippen MR) is 141 cm³/mol. The lowest BCUT2D eigenvalue weighted by Crippen LogP contribution is -2.38. The van der Waals surface area contributed by atoms with Gasteiger partial charge in [-0.05, 0) is 53.6 Å². The highest BCUT2D eigenvalue weighted by molar-refractivity contribution is 6.31. The van der Waals surface area contributed by atoms with Gasteiger partial charge in [-0.2, -0.15) is 0 Å². The number of ether oxygens (including phenoxy) is 1. The van der Waals surface area contributed by atoms with Gasteiger partial charge < -0.3 is 20.5 Å². The molecule has 196 valence electrons. The zero-order valence-corrected chi connectivity index (χ0v) is 21.6. The summed E-state index contributed by atoms with van der Waals surface area (Å²) in [6.45, 7) is 5.96. The Hall–Kier alpha value is -3.39. The number of hydrogen-bond donors (Lipinski definition) is 2. The number of aliphatic carboxylic acids is 1. The fourth-order valence-corrected chi connectivity index (χ4v) is 4.83. The molecule has 0 saturated carbocycles. The van der Waals surface area contributed by atoms with Crippen LogP contribution in [-0.2, 0) is 17.6 Å². The number of piperidine rings is 1. The molecule has 0 unspecified atom stereocenters. The van der Waals surface area contributed by atoms with Gasteiger partial charge in [-0.25, -0.2) is 13.8 Å². The third-order valence-corrected chi connectivity index (χ3v) is 7.10. The fourth-order valence-electron chi connectivity index (χ4n) is 4.58. The second-order valence-corrected chi connectivity index (χ2v) is 10.4. The van der Waals surface area contributed by atoms with Crippen molar-refractivity contribution < 1.29 is 23.4 Å². The molecule has 0 aliphatic carbocycles. The van der Waals surface area contributed by atoms with Crippen LogP contribution >= 0.6 is 11.6 Å². The number of anilines is 2. The lowest BCUT2D eigenvalue weighted by molar-refractivity contribution is -0.136. The van der Waals surface area contributed by atoms with E-state index in [9.17, 15) is 14.3 Å². The number of carboxylic acid groups (broad SMARTS) is 1. The number of pyridine rings is 1. The summed E-state index contributed by atoms with van der Waals surface area (Å²) < 4.78 is 33.9. The van der Waals surface area contributed by atoms with Crippen LogP contribution in [0.3, 0.4) is 0 Å². The minimum Gasteiger partial charge on any atom is -0.490 e. The molecule has 1 aliphatic heterocycles. The molecule has 4 rings (SSSR count). The number of halogens is 3. The first-order chi connectivity index (χ1) is 17.5. The second-order valence-electron chi connectivity index (χ2n) is 10.1. The Balaban J connectivity index is 1.65. The van der Waals surface area contributed by atoms with Gasteiger partial charge in [0.05, 0.1) is 18.7 Å². The zero-order valence-electron chi connectivity index (χ0n) is 20.9.